The van der Waals surface area contributed by atoms with E-state index in [0.717, 1.165) is 17.3 Å². The summed E-state index contributed by atoms with van der Waals surface area (Å²) >= 11 is 3.38. The van der Waals surface area contributed by atoms with Crippen molar-refractivity contribution < 1.29 is 8.42 Å². The lowest BCUT2D eigenvalue weighted by molar-refractivity contribution is 0.598. The van der Waals surface area contributed by atoms with Gasteiger partial charge in [0, 0.05) is 23.8 Å². The van der Waals surface area contributed by atoms with Crippen LogP contribution in [-0.4, -0.2) is 23.3 Å². The minimum absolute atomic E-state index is 0.0476. The minimum atomic E-state index is -3.64. The van der Waals surface area contributed by atoms with E-state index in [-0.39, 0.29) is 5.03 Å². The summed E-state index contributed by atoms with van der Waals surface area (Å²) < 4.78 is 29.0. The number of benzene rings is 1. The first kappa shape index (κ1) is 16.0. The van der Waals surface area contributed by atoms with Gasteiger partial charge in [-0.15, -0.1) is 0 Å². The van der Waals surface area contributed by atoms with Crippen LogP contribution in [0.15, 0.2) is 35.5 Å². The largest absolute Gasteiger partial charge is 0.334 e. The van der Waals surface area contributed by atoms with Crippen molar-refractivity contribution in [3.63, 3.8) is 0 Å². The normalized spacial score (nSPS) is 11.6. The SMILES string of the molecule is CCn1cc(S(=O)(=O)Nc2ccc(CCBr)cc2)nc1C. The molecular formula is C14H18BrN3O2S. The molecule has 0 atom stereocenters. The highest BCUT2D eigenvalue weighted by molar-refractivity contribution is 9.09. The first-order valence-corrected chi connectivity index (χ1v) is 9.28. The second-order valence-electron chi connectivity index (χ2n) is 4.65. The Bertz CT molecular complexity index is 708. The fourth-order valence-electron chi connectivity index (χ4n) is 1.98. The van der Waals surface area contributed by atoms with E-state index in [1.165, 1.54) is 0 Å². The number of rotatable bonds is 6. The Morgan fingerprint density at radius 2 is 1.95 bits per heavy atom. The Kier molecular flexibility index (Phi) is 5.05. The molecule has 1 aromatic carbocycles. The van der Waals surface area contributed by atoms with Crippen LogP contribution in [0.4, 0.5) is 5.69 Å². The zero-order chi connectivity index (χ0) is 15.5. The van der Waals surface area contributed by atoms with Crippen LogP contribution in [0.3, 0.4) is 0 Å². The van der Waals surface area contributed by atoms with Crippen molar-refractivity contribution in [3.05, 3.63) is 41.9 Å². The standard InChI is InChI=1S/C14H18BrN3O2S/c1-3-18-10-14(16-11(18)2)21(19,20)17-13-6-4-12(5-7-13)8-9-15/h4-7,10,17H,3,8-9H2,1-2H3. The molecule has 0 fully saturated rings. The summed E-state index contributed by atoms with van der Waals surface area (Å²) in [5.74, 6) is 0.686. The second kappa shape index (κ2) is 6.62. The Hall–Kier alpha value is -1.34. The Labute approximate surface area is 133 Å². The molecular weight excluding hydrogens is 354 g/mol. The molecule has 1 heterocycles. The lowest BCUT2D eigenvalue weighted by atomic mass is 10.2. The minimum Gasteiger partial charge on any atom is -0.334 e. The van der Waals surface area contributed by atoms with E-state index in [0.29, 0.717) is 18.1 Å². The highest BCUT2D eigenvalue weighted by Crippen LogP contribution is 2.17. The van der Waals surface area contributed by atoms with Crippen LogP contribution in [0.5, 0.6) is 0 Å². The number of nitrogens with one attached hydrogen (secondary N) is 1. The molecule has 0 bridgehead atoms. The maximum absolute atomic E-state index is 12.3. The van der Waals surface area contributed by atoms with E-state index in [4.69, 9.17) is 0 Å². The van der Waals surface area contributed by atoms with Gasteiger partial charge in [0.2, 0.25) is 0 Å². The van der Waals surface area contributed by atoms with Crippen LogP contribution >= 0.6 is 15.9 Å². The molecule has 1 N–H and O–H groups in total. The highest BCUT2D eigenvalue weighted by Gasteiger charge is 2.18. The summed E-state index contributed by atoms with van der Waals surface area (Å²) in [5.41, 5.74) is 1.69. The summed E-state index contributed by atoms with van der Waals surface area (Å²) in [7, 11) is -3.64. The van der Waals surface area contributed by atoms with Crippen molar-refractivity contribution in [2.75, 3.05) is 10.1 Å². The van der Waals surface area contributed by atoms with Crippen molar-refractivity contribution in [2.45, 2.75) is 31.8 Å². The van der Waals surface area contributed by atoms with Crippen molar-refractivity contribution in [3.8, 4) is 0 Å². The van der Waals surface area contributed by atoms with Gasteiger partial charge in [0.05, 0.1) is 0 Å². The van der Waals surface area contributed by atoms with Crippen LogP contribution in [0.2, 0.25) is 0 Å². The molecule has 2 rings (SSSR count). The molecule has 0 amide bonds. The predicted molar refractivity (Wildman–Crippen MR) is 87.4 cm³/mol. The van der Waals surface area contributed by atoms with E-state index in [1.807, 2.05) is 19.1 Å². The number of halogens is 1. The third-order valence-electron chi connectivity index (χ3n) is 3.16. The van der Waals surface area contributed by atoms with Crippen LogP contribution in [0, 0.1) is 6.92 Å². The Balaban J connectivity index is 2.20. The summed E-state index contributed by atoms with van der Waals surface area (Å²) in [6.45, 7) is 4.42. The van der Waals surface area contributed by atoms with Crippen LogP contribution in [0.25, 0.3) is 0 Å². The third-order valence-corrected chi connectivity index (χ3v) is 4.81. The quantitative estimate of drug-likeness (QED) is 0.793. The van der Waals surface area contributed by atoms with Crippen molar-refractivity contribution in [1.82, 2.24) is 9.55 Å². The fourth-order valence-corrected chi connectivity index (χ4v) is 3.51. The van der Waals surface area contributed by atoms with E-state index >= 15 is 0 Å². The molecule has 2 aromatic rings. The summed E-state index contributed by atoms with van der Waals surface area (Å²) in [6, 6.07) is 7.35. The molecule has 5 nitrogen and oxygen atoms in total. The Morgan fingerprint density at radius 1 is 1.29 bits per heavy atom. The molecule has 21 heavy (non-hydrogen) atoms. The van der Waals surface area contributed by atoms with Gasteiger partial charge in [0.1, 0.15) is 5.82 Å². The van der Waals surface area contributed by atoms with Gasteiger partial charge < -0.3 is 4.57 Å². The lowest BCUT2D eigenvalue weighted by Gasteiger charge is -2.06. The van der Waals surface area contributed by atoms with Crippen LogP contribution < -0.4 is 4.72 Å². The van der Waals surface area contributed by atoms with E-state index < -0.39 is 10.0 Å². The molecule has 0 unspecified atom stereocenters. The van der Waals surface area contributed by atoms with Gasteiger partial charge in [-0.1, -0.05) is 28.1 Å². The molecule has 0 spiro atoms. The average Bonchev–Trinajstić information content (AvgIpc) is 2.83. The number of hydrogen-bond donors (Lipinski definition) is 1. The fraction of sp³-hybridized carbons (Fsp3) is 0.357. The van der Waals surface area contributed by atoms with E-state index in [9.17, 15) is 8.42 Å². The monoisotopic (exact) mass is 371 g/mol. The highest BCUT2D eigenvalue weighted by atomic mass is 79.9. The van der Waals surface area contributed by atoms with Crippen molar-refractivity contribution in [2.24, 2.45) is 0 Å². The van der Waals surface area contributed by atoms with Gasteiger partial charge in [0.25, 0.3) is 10.0 Å². The van der Waals surface area contributed by atoms with Crippen molar-refractivity contribution in [1.29, 1.82) is 0 Å². The lowest BCUT2D eigenvalue weighted by Crippen LogP contribution is -2.13. The Morgan fingerprint density at radius 3 is 2.48 bits per heavy atom. The zero-order valence-electron chi connectivity index (χ0n) is 12.0. The molecule has 7 heteroatoms. The maximum atomic E-state index is 12.3. The number of imidazole rings is 1. The van der Waals surface area contributed by atoms with E-state index in [1.54, 1.807) is 29.8 Å². The first-order valence-electron chi connectivity index (χ1n) is 6.67. The predicted octanol–water partition coefficient (Wildman–Crippen LogP) is 2.95. The smallest absolute Gasteiger partial charge is 0.280 e. The summed E-state index contributed by atoms with van der Waals surface area (Å²) in [6.07, 6.45) is 2.46. The number of aromatic nitrogens is 2. The number of aryl methyl sites for hydroxylation is 3. The topological polar surface area (TPSA) is 64.0 Å². The average molecular weight is 372 g/mol. The molecule has 1 aromatic heterocycles. The summed E-state index contributed by atoms with van der Waals surface area (Å²) in [5, 5.41) is 0.928. The van der Waals surface area contributed by atoms with Crippen LogP contribution in [-0.2, 0) is 23.0 Å². The van der Waals surface area contributed by atoms with Gasteiger partial charge in [0.15, 0.2) is 5.03 Å². The van der Waals surface area contributed by atoms with Gasteiger partial charge >= 0.3 is 0 Å². The second-order valence-corrected chi connectivity index (χ2v) is 7.08. The molecule has 0 radical (unpaired) electrons. The van der Waals surface area contributed by atoms with Crippen LogP contribution in [0.1, 0.15) is 18.3 Å². The molecule has 0 saturated heterocycles. The molecule has 0 aliphatic heterocycles. The van der Waals surface area contributed by atoms with Gasteiger partial charge in [-0.2, -0.15) is 8.42 Å². The van der Waals surface area contributed by atoms with Crippen molar-refractivity contribution >= 4 is 31.6 Å². The summed E-state index contributed by atoms with van der Waals surface area (Å²) in [4.78, 5) is 4.10. The maximum Gasteiger partial charge on any atom is 0.280 e. The van der Waals surface area contributed by atoms with E-state index in [2.05, 4.69) is 25.6 Å². The van der Waals surface area contributed by atoms with Gasteiger partial charge in [-0.05, 0) is 38.0 Å². The number of hydrogen-bond acceptors (Lipinski definition) is 3. The van der Waals surface area contributed by atoms with Gasteiger partial charge in [-0.25, -0.2) is 4.98 Å². The zero-order valence-corrected chi connectivity index (χ0v) is 14.4. The third kappa shape index (κ3) is 3.85. The van der Waals surface area contributed by atoms with Gasteiger partial charge in [-0.3, -0.25) is 4.72 Å². The molecule has 114 valence electrons. The molecule has 0 aliphatic rings. The number of anilines is 1. The molecule has 0 saturated carbocycles. The number of nitrogens with zero attached hydrogens (tertiary/aromatic N) is 2. The number of sulfonamides is 1. The molecule has 0 aliphatic carbocycles. The first-order chi connectivity index (χ1) is 9.96. The number of alkyl halides is 1.